The Morgan fingerprint density at radius 3 is 2.70 bits per heavy atom. The Balaban J connectivity index is 0.00000261. The summed E-state index contributed by atoms with van der Waals surface area (Å²) in [6.07, 6.45) is 8.22. The Kier molecular flexibility index (Phi) is 7.30. The van der Waals surface area contributed by atoms with Gasteiger partial charge in [-0.2, -0.15) is 10.4 Å². The second-order valence-corrected chi connectivity index (χ2v) is 7.18. The lowest BCUT2D eigenvalue weighted by molar-refractivity contribution is -0.124. The lowest BCUT2D eigenvalue weighted by Gasteiger charge is -2.31. The van der Waals surface area contributed by atoms with Crippen molar-refractivity contribution < 1.29 is 4.79 Å². The molecule has 0 aliphatic carbocycles. The molecule has 1 amide bonds. The van der Waals surface area contributed by atoms with Crippen LogP contribution in [-0.2, 0) is 4.79 Å². The van der Waals surface area contributed by atoms with Crippen LogP contribution >= 0.6 is 12.4 Å². The third-order valence-electron chi connectivity index (χ3n) is 4.67. The average Bonchev–Trinajstić information content (AvgIpc) is 2.97. The molecule has 1 aromatic carbocycles. The molecule has 3 rings (SSSR count). The molecule has 1 atom stereocenters. The number of hydrogen-bond donors (Lipinski definition) is 1. The maximum absolute atomic E-state index is 12.6. The van der Waals surface area contributed by atoms with E-state index < -0.39 is 0 Å². The highest BCUT2D eigenvalue weighted by atomic mass is 35.5. The van der Waals surface area contributed by atoms with E-state index in [1.165, 1.54) is 12.8 Å². The first-order valence-corrected chi connectivity index (χ1v) is 9.33. The normalized spacial score (nSPS) is 17.8. The van der Waals surface area contributed by atoms with Gasteiger partial charge in [0.05, 0.1) is 23.6 Å². The second-order valence-electron chi connectivity index (χ2n) is 7.18. The summed E-state index contributed by atoms with van der Waals surface area (Å²) in [5, 5.41) is 1.04. The van der Waals surface area contributed by atoms with Crippen LogP contribution in [0.15, 0.2) is 35.5 Å². The summed E-state index contributed by atoms with van der Waals surface area (Å²) in [7, 11) is 3.80. The SMILES string of the molecule is CCCCCC[N+]1(NC(=O)CN(C)C)C=Nc2cnc3ccccc3c21.Cl. The lowest BCUT2D eigenvalue weighted by atomic mass is 10.1. The number of carbonyl (C=O) groups is 1. The number of quaternary nitrogens is 1. The standard InChI is InChI=1S/C20H27N5O.ClH/c1-4-5-6-9-12-25(23-19(26)14-24(2)3)15-22-18-13-21-17-11-8-7-10-16(17)20(18)25;/h7-8,10-11,13,15H,4-6,9,12,14H2,1-3H3;1H/p+1. The number of aromatic nitrogens is 1. The van der Waals surface area contributed by atoms with Crippen LogP contribution in [-0.4, -0.2) is 49.3 Å². The zero-order chi connectivity index (χ0) is 18.6. The van der Waals surface area contributed by atoms with Gasteiger partial charge in [-0.25, -0.2) is 0 Å². The average molecular weight is 391 g/mol. The van der Waals surface area contributed by atoms with E-state index in [2.05, 4.69) is 28.4 Å². The Hall–Kier alpha value is -2.02. The van der Waals surface area contributed by atoms with E-state index in [4.69, 9.17) is 0 Å². The van der Waals surface area contributed by atoms with Gasteiger partial charge >= 0.3 is 0 Å². The largest absolute Gasteiger partial charge is 0.301 e. The van der Waals surface area contributed by atoms with Gasteiger partial charge in [0.25, 0.3) is 5.91 Å². The van der Waals surface area contributed by atoms with Crippen molar-refractivity contribution in [3.8, 4) is 0 Å². The first kappa shape index (κ1) is 21.3. The molecule has 0 saturated heterocycles. The molecule has 2 aromatic rings. The number of carbonyl (C=O) groups excluding carboxylic acids is 1. The molecular formula is C20H29ClN5O+. The van der Waals surface area contributed by atoms with Crippen LogP contribution in [0.2, 0.25) is 0 Å². The fraction of sp³-hybridized carbons (Fsp3) is 0.450. The number of nitrogens with zero attached hydrogens (tertiary/aromatic N) is 4. The van der Waals surface area contributed by atoms with Crippen LogP contribution < -0.4 is 10.0 Å². The van der Waals surface area contributed by atoms with Gasteiger partial charge < -0.3 is 4.90 Å². The van der Waals surface area contributed by atoms with Gasteiger partial charge in [-0.05, 0) is 39.1 Å². The van der Waals surface area contributed by atoms with E-state index in [-0.39, 0.29) is 22.9 Å². The highest BCUT2D eigenvalue weighted by Gasteiger charge is 2.40. The van der Waals surface area contributed by atoms with Gasteiger partial charge in [-0.3, -0.25) is 9.78 Å². The summed E-state index contributed by atoms with van der Waals surface area (Å²) in [4.78, 5) is 23.6. The fourth-order valence-electron chi connectivity index (χ4n) is 3.49. The van der Waals surface area contributed by atoms with E-state index in [1.54, 1.807) is 6.20 Å². The van der Waals surface area contributed by atoms with E-state index in [0.29, 0.717) is 6.54 Å². The maximum Gasteiger partial charge on any atom is 0.279 e. The van der Waals surface area contributed by atoms with Crippen molar-refractivity contribution in [1.82, 2.24) is 19.9 Å². The van der Waals surface area contributed by atoms with Crippen molar-refractivity contribution in [2.75, 3.05) is 27.2 Å². The molecule has 0 spiro atoms. The molecule has 27 heavy (non-hydrogen) atoms. The van der Waals surface area contributed by atoms with Crippen LogP contribution in [0.5, 0.6) is 0 Å². The smallest absolute Gasteiger partial charge is 0.279 e. The van der Waals surface area contributed by atoms with E-state index in [1.807, 2.05) is 43.5 Å². The van der Waals surface area contributed by atoms with E-state index in [9.17, 15) is 4.79 Å². The number of aliphatic imine (C=N–C) groups is 1. The molecule has 0 bridgehead atoms. The zero-order valence-corrected chi connectivity index (χ0v) is 17.1. The van der Waals surface area contributed by atoms with Crippen molar-refractivity contribution in [1.29, 1.82) is 0 Å². The van der Waals surface area contributed by atoms with Crippen molar-refractivity contribution in [2.45, 2.75) is 32.6 Å². The van der Waals surface area contributed by atoms with Gasteiger partial charge in [-0.1, -0.05) is 31.9 Å². The Morgan fingerprint density at radius 2 is 1.96 bits per heavy atom. The van der Waals surface area contributed by atoms with Crippen LogP contribution in [0.25, 0.3) is 10.9 Å². The molecular weight excluding hydrogens is 362 g/mol. The lowest BCUT2D eigenvalue weighted by Crippen LogP contribution is -2.61. The minimum atomic E-state index is -0.00863. The quantitative estimate of drug-likeness (QED) is 0.550. The Bertz CT molecular complexity index is 823. The molecule has 1 N–H and O–H groups in total. The first-order chi connectivity index (χ1) is 12.6. The summed E-state index contributed by atoms with van der Waals surface area (Å²) in [6, 6.07) is 8.06. The number of unbranched alkanes of at least 4 members (excludes halogenated alkanes) is 3. The van der Waals surface area contributed by atoms with Gasteiger partial charge in [0.2, 0.25) is 12.0 Å². The zero-order valence-electron chi connectivity index (χ0n) is 16.3. The number of fused-ring (bicyclic) bond motifs is 3. The van der Waals surface area contributed by atoms with E-state index >= 15 is 0 Å². The number of amides is 1. The molecule has 1 aliphatic heterocycles. The highest BCUT2D eigenvalue weighted by Crippen LogP contribution is 2.41. The summed E-state index contributed by atoms with van der Waals surface area (Å²) < 4.78 is 0.273. The van der Waals surface area contributed by atoms with Crippen LogP contribution in [0.3, 0.4) is 0 Å². The minimum absolute atomic E-state index is 0. The molecule has 6 nitrogen and oxygen atoms in total. The Labute approximate surface area is 167 Å². The summed E-state index contributed by atoms with van der Waals surface area (Å²) in [5.41, 5.74) is 6.02. The van der Waals surface area contributed by atoms with E-state index in [0.717, 1.165) is 41.7 Å². The summed E-state index contributed by atoms with van der Waals surface area (Å²) in [6.45, 7) is 3.35. The predicted molar refractivity (Wildman–Crippen MR) is 115 cm³/mol. The second kappa shape index (κ2) is 9.26. The van der Waals surface area contributed by atoms with Gasteiger partial charge in [0.15, 0.2) is 5.69 Å². The molecule has 1 unspecified atom stereocenters. The van der Waals surface area contributed by atoms with Gasteiger partial charge in [0, 0.05) is 0 Å². The highest BCUT2D eigenvalue weighted by molar-refractivity contribution is 6.04. The molecule has 0 radical (unpaired) electrons. The fourth-order valence-corrected chi connectivity index (χ4v) is 3.49. The maximum atomic E-state index is 12.6. The molecule has 1 aliphatic rings. The predicted octanol–water partition coefficient (Wildman–Crippen LogP) is 3.81. The molecule has 146 valence electrons. The number of rotatable bonds is 8. The molecule has 7 heteroatoms. The number of benzene rings is 1. The van der Waals surface area contributed by atoms with Crippen molar-refractivity contribution in [3.05, 3.63) is 30.5 Å². The Morgan fingerprint density at radius 1 is 1.19 bits per heavy atom. The van der Waals surface area contributed by atoms with Gasteiger partial charge in [-0.15, -0.1) is 17.0 Å². The summed E-state index contributed by atoms with van der Waals surface area (Å²) in [5.74, 6) is -0.00863. The number of pyridine rings is 1. The number of para-hydroxylation sites is 1. The third kappa shape index (κ3) is 4.64. The van der Waals surface area contributed by atoms with Crippen LogP contribution in [0.1, 0.15) is 32.6 Å². The molecule has 2 heterocycles. The number of nitrogens with one attached hydrogen (secondary N) is 1. The molecule has 1 aromatic heterocycles. The summed E-state index contributed by atoms with van der Waals surface area (Å²) >= 11 is 0. The first-order valence-electron chi connectivity index (χ1n) is 9.33. The topological polar surface area (TPSA) is 57.6 Å². The van der Waals surface area contributed by atoms with Crippen LogP contribution in [0.4, 0.5) is 11.4 Å². The number of likely N-dealkylation sites (N-methyl/N-ethyl adjacent to an activating group) is 1. The van der Waals surface area contributed by atoms with Crippen molar-refractivity contribution in [2.24, 2.45) is 4.99 Å². The minimum Gasteiger partial charge on any atom is -0.301 e. The van der Waals surface area contributed by atoms with Crippen LogP contribution in [0, 0.1) is 0 Å². The number of halogens is 1. The monoisotopic (exact) mass is 390 g/mol. The number of hydrogen-bond acceptors (Lipinski definition) is 4. The molecule has 0 saturated carbocycles. The van der Waals surface area contributed by atoms with Gasteiger partial charge in [0.1, 0.15) is 6.54 Å². The van der Waals surface area contributed by atoms with Crippen molar-refractivity contribution >= 4 is 46.9 Å². The third-order valence-corrected chi connectivity index (χ3v) is 4.67. The van der Waals surface area contributed by atoms with Crippen molar-refractivity contribution in [3.63, 3.8) is 0 Å². The molecule has 0 fully saturated rings.